The fraction of sp³-hybridized carbons (Fsp3) is 1.00. The molecule has 0 bridgehead atoms. The van der Waals surface area contributed by atoms with E-state index in [-0.39, 0.29) is 0 Å². The van der Waals surface area contributed by atoms with Gasteiger partial charge >= 0.3 is 0 Å². The Kier molecular flexibility index (Phi) is 2.66. The van der Waals surface area contributed by atoms with Gasteiger partial charge in [-0.15, -0.1) is 0 Å². The van der Waals surface area contributed by atoms with Crippen molar-refractivity contribution in [1.29, 1.82) is 0 Å². The third kappa shape index (κ3) is 1.80. The molecule has 0 heterocycles. The average Bonchev–Trinajstić information content (AvgIpc) is 2.00. The normalized spacial score (nSPS) is 37.8. The van der Waals surface area contributed by atoms with Gasteiger partial charge in [0.2, 0.25) is 0 Å². The summed E-state index contributed by atoms with van der Waals surface area (Å²) in [5.74, 6) is 0. The molecule has 2 fully saturated rings. The molecule has 2 saturated carbocycles. The molecule has 2 aliphatic carbocycles. The van der Waals surface area contributed by atoms with E-state index < -0.39 is 0 Å². The summed E-state index contributed by atoms with van der Waals surface area (Å²) in [6, 6.07) is 0.319. The largest absolute Gasteiger partial charge is 0.373 e. The molecule has 2 aliphatic rings. The third-order valence-electron chi connectivity index (χ3n) is 3.17. The highest BCUT2D eigenvalue weighted by atomic mass is 16.5. The molecule has 0 aliphatic heterocycles. The Morgan fingerprint density at radius 1 is 0.917 bits per heavy atom. The molecule has 0 aromatic carbocycles. The van der Waals surface area contributed by atoms with Gasteiger partial charge in [0.1, 0.15) is 0 Å². The van der Waals surface area contributed by atoms with Gasteiger partial charge in [-0.05, 0) is 32.1 Å². The van der Waals surface area contributed by atoms with Crippen molar-refractivity contribution in [2.75, 3.05) is 0 Å². The Hall–Kier alpha value is -0.0800. The van der Waals surface area contributed by atoms with Gasteiger partial charge in [0.25, 0.3) is 0 Å². The first kappa shape index (κ1) is 8.52. The van der Waals surface area contributed by atoms with Crippen LogP contribution in [0.4, 0.5) is 0 Å². The van der Waals surface area contributed by atoms with Crippen molar-refractivity contribution in [1.82, 2.24) is 0 Å². The summed E-state index contributed by atoms with van der Waals surface area (Å²) in [5, 5.41) is 0. The zero-order chi connectivity index (χ0) is 8.39. The molecule has 0 radical (unpaired) electrons. The van der Waals surface area contributed by atoms with E-state index in [1.54, 1.807) is 0 Å². The van der Waals surface area contributed by atoms with Crippen LogP contribution in [0.1, 0.15) is 44.9 Å². The number of hydrogen-bond donors (Lipinski definition) is 1. The maximum Gasteiger partial charge on any atom is 0.0729 e. The minimum Gasteiger partial charge on any atom is -0.373 e. The Morgan fingerprint density at radius 3 is 2.25 bits per heavy atom. The summed E-state index contributed by atoms with van der Waals surface area (Å²) in [6.45, 7) is 0. The molecule has 0 amide bonds. The number of hydrogen-bond acceptors (Lipinski definition) is 2. The number of ether oxygens (including phenoxy) is 1. The highest BCUT2D eigenvalue weighted by Gasteiger charge is 2.27. The van der Waals surface area contributed by atoms with Gasteiger partial charge in [0, 0.05) is 6.04 Å². The van der Waals surface area contributed by atoms with Crippen LogP contribution < -0.4 is 5.73 Å². The van der Waals surface area contributed by atoms with Gasteiger partial charge < -0.3 is 10.5 Å². The fourth-order valence-electron chi connectivity index (χ4n) is 2.05. The van der Waals surface area contributed by atoms with Crippen molar-refractivity contribution in [2.24, 2.45) is 5.73 Å². The predicted molar refractivity (Wildman–Crippen MR) is 49.0 cm³/mol. The van der Waals surface area contributed by atoms with Crippen LogP contribution >= 0.6 is 0 Å². The highest BCUT2D eigenvalue weighted by molar-refractivity contribution is 4.81. The number of rotatable bonds is 2. The summed E-state index contributed by atoms with van der Waals surface area (Å²) in [4.78, 5) is 0. The lowest BCUT2D eigenvalue weighted by Crippen LogP contribution is -2.42. The van der Waals surface area contributed by atoms with Crippen molar-refractivity contribution in [3.63, 3.8) is 0 Å². The molecule has 2 atom stereocenters. The Morgan fingerprint density at radius 2 is 1.67 bits per heavy atom. The topological polar surface area (TPSA) is 35.2 Å². The molecule has 12 heavy (non-hydrogen) atoms. The van der Waals surface area contributed by atoms with Crippen molar-refractivity contribution in [3.8, 4) is 0 Å². The van der Waals surface area contributed by atoms with E-state index in [9.17, 15) is 0 Å². The quantitative estimate of drug-likeness (QED) is 0.684. The minimum absolute atomic E-state index is 0.319. The second kappa shape index (κ2) is 3.75. The van der Waals surface area contributed by atoms with Crippen molar-refractivity contribution < 1.29 is 4.74 Å². The Labute approximate surface area is 74.5 Å². The fourth-order valence-corrected chi connectivity index (χ4v) is 2.05. The van der Waals surface area contributed by atoms with E-state index in [0.29, 0.717) is 18.2 Å². The lowest BCUT2D eigenvalue weighted by atomic mass is 9.91. The molecule has 0 aromatic heterocycles. The minimum atomic E-state index is 0.319. The Bertz CT molecular complexity index is 145. The molecular weight excluding hydrogens is 150 g/mol. The zero-order valence-corrected chi connectivity index (χ0v) is 7.67. The molecule has 0 spiro atoms. The first-order valence-electron chi connectivity index (χ1n) is 5.27. The van der Waals surface area contributed by atoms with Crippen LogP contribution in [0.3, 0.4) is 0 Å². The van der Waals surface area contributed by atoms with Gasteiger partial charge in [-0.1, -0.05) is 12.8 Å². The first-order valence-corrected chi connectivity index (χ1v) is 5.27. The first-order chi connectivity index (χ1) is 5.86. The van der Waals surface area contributed by atoms with E-state index in [1.165, 1.54) is 38.5 Å². The summed E-state index contributed by atoms with van der Waals surface area (Å²) < 4.78 is 5.91. The lowest BCUT2D eigenvalue weighted by molar-refractivity contribution is -0.0723. The van der Waals surface area contributed by atoms with E-state index in [2.05, 4.69) is 0 Å². The lowest BCUT2D eigenvalue weighted by Gasteiger charge is -2.35. The van der Waals surface area contributed by atoms with Crippen molar-refractivity contribution in [3.05, 3.63) is 0 Å². The van der Waals surface area contributed by atoms with E-state index in [0.717, 1.165) is 6.42 Å². The van der Waals surface area contributed by atoms with Crippen LogP contribution in [0, 0.1) is 0 Å². The van der Waals surface area contributed by atoms with Gasteiger partial charge in [-0.2, -0.15) is 0 Å². The molecule has 2 N–H and O–H groups in total. The van der Waals surface area contributed by atoms with Crippen LogP contribution in [0.15, 0.2) is 0 Å². The van der Waals surface area contributed by atoms with Crippen LogP contribution in [0.2, 0.25) is 0 Å². The molecular formula is C10H19NO. The van der Waals surface area contributed by atoms with Gasteiger partial charge in [-0.25, -0.2) is 0 Å². The average molecular weight is 169 g/mol. The van der Waals surface area contributed by atoms with E-state index in [4.69, 9.17) is 10.5 Å². The standard InChI is InChI=1S/C10H19NO/c11-9-6-1-2-7-10(9)12-8-4-3-5-8/h8-10H,1-7,11H2. The summed E-state index contributed by atoms with van der Waals surface area (Å²) in [6.07, 6.45) is 9.79. The monoisotopic (exact) mass is 169 g/mol. The van der Waals surface area contributed by atoms with E-state index >= 15 is 0 Å². The van der Waals surface area contributed by atoms with Crippen molar-refractivity contribution >= 4 is 0 Å². The molecule has 0 saturated heterocycles. The maximum atomic E-state index is 5.98. The van der Waals surface area contributed by atoms with Gasteiger partial charge in [0.15, 0.2) is 0 Å². The molecule has 0 aromatic rings. The van der Waals surface area contributed by atoms with Crippen LogP contribution in [-0.4, -0.2) is 18.2 Å². The van der Waals surface area contributed by atoms with Crippen LogP contribution in [-0.2, 0) is 4.74 Å². The number of nitrogens with two attached hydrogens (primary N) is 1. The van der Waals surface area contributed by atoms with E-state index in [1.807, 2.05) is 0 Å². The molecule has 70 valence electrons. The zero-order valence-electron chi connectivity index (χ0n) is 7.67. The molecule has 2 unspecified atom stereocenters. The van der Waals surface area contributed by atoms with Crippen LogP contribution in [0.5, 0.6) is 0 Å². The SMILES string of the molecule is NC1CCCCC1OC1CCC1. The molecule has 2 rings (SSSR count). The van der Waals surface area contributed by atoms with Gasteiger partial charge in [0.05, 0.1) is 12.2 Å². The second-order valence-corrected chi connectivity index (χ2v) is 4.18. The molecule has 2 nitrogen and oxygen atoms in total. The second-order valence-electron chi connectivity index (χ2n) is 4.18. The maximum absolute atomic E-state index is 5.98. The van der Waals surface area contributed by atoms with Gasteiger partial charge in [-0.3, -0.25) is 0 Å². The smallest absolute Gasteiger partial charge is 0.0729 e. The van der Waals surface area contributed by atoms with Crippen LogP contribution in [0.25, 0.3) is 0 Å². The summed E-state index contributed by atoms with van der Waals surface area (Å²) in [7, 11) is 0. The summed E-state index contributed by atoms with van der Waals surface area (Å²) in [5.41, 5.74) is 5.98. The predicted octanol–water partition coefficient (Wildman–Crippen LogP) is 1.83. The van der Waals surface area contributed by atoms with Crippen molar-refractivity contribution in [2.45, 2.75) is 63.2 Å². The molecule has 2 heteroatoms. The third-order valence-corrected chi connectivity index (χ3v) is 3.17. The highest BCUT2D eigenvalue weighted by Crippen LogP contribution is 2.28. The summed E-state index contributed by atoms with van der Waals surface area (Å²) >= 11 is 0. The Balaban J connectivity index is 1.76.